The summed E-state index contributed by atoms with van der Waals surface area (Å²) in [5.74, 6) is 0.599. The van der Waals surface area contributed by atoms with Gasteiger partial charge in [-0.25, -0.2) is 0 Å². The molecule has 0 saturated carbocycles. The van der Waals surface area contributed by atoms with Crippen molar-refractivity contribution in [3.05, 3.63) is 76.7 Å². The minimum atomic E-state index is -0.282. The van der Waals surface area contributed by atoms with Gasteiger partial charge in [-0.3, -0.25) is 14.9 Å². The molecule has 2 aromatic carbocycles. The van der Waals surface area contributed by atoms with Crippen molar-refractivity contribution in [1.29, 1.82) is 0 Å². The lowest BCUT2D eigenvalue weighted by atomic mass is 10.1. The third-order valence-electron chi connectivity index (χ3n) is 4.06. The summed E-state index contributed by atoms with van der Waals surface area (Å²) in [7, 11) is 0. The Hall–Kier alpha value is -2.53. The van der Waals surface area contributed by atoms with Gasteiger partial charge in [-0.05, 0) is 60.7 Å². The molecule has 0 spiro atoms. The summed E-state index contributed by atoms with van der Waals surface area (Å²) in [5, 5.41) is 1.98. The number of thioether (sulfide) groups is 1. The lowest BCUT2D eigenvalue weighted by Crippen LogP contribution is -2.17. The van der Waals surface area contributed by atoms with Crippen LogP contribution in [0.3, 0.4) is 0 Å². The van der Waals surface area contributed by atoms with Crippen LogP contribution in [0.1, 0.15) is 30.4 Å². The molecule has 5 heteroatoms. The zero-order valence-corrected chi connectivity index (χ0v) is 15.3. The lowest BCUT2D eigenvalue weighted by molar-refractivity contribution is -0.115. The van der Waals surface area contributed by atoms with Gasteiger partial charge in [0.2, 0.25) is 0 Å². The van der Waals surface area contributed by atoms with Gasteiger partial charge in [0.15, 0.2) is 0 Å². The monoisotopic (exact) mass is 367 g/mol. The molecule has 1 fully saturated rings. The normalized spacial score (nSPS) is 15.3. The molecule has 0 bridgehead atoms. The van der Waals surface area contributed by atoms with Crippen LogP contribution in [-0.2, 0) is 17.8 Å². The molecule has 26 heavy (non-hydrogen) atoms. The number of hydrogen-bond acceptors (Lipinski definition) is 4. The first-order chi connectivity index (χ1) is 12.7. The first-order valence-electron chi connectivity index (χ1n) is 8.70. The van der Waals surface area contributed by atoms with Crippen molar-refractivity contribution in [2.24, 2.45) is 0 Å². The van der Waals surface area contributed by atoms with Gasteiger partial charge in [0.05, 0.1) is 4.91 Å². The maximum atomic E-state index is 11.4. The predicted molar refractivity (Wildman–Crippen MR) is 104 cm³/mol. The molecule has 4 nitrogen and oxygen atoms in total. The van der Waals surface area contributed by atoms with Gasteiger partial charge in [-0.2, -0.15) is 0 Å². The average molecular weight is 367 g/mol. The molecule has 2 aromatic rings. The number of aryl methyl sites for hydroxylation is 1. The highest BCUT2D eigenvalue weighted by Gasteiger charge is 2.24. The van der Waals surface area contributed by atoms with Crippen LogP contribution < -0.4 is 10.1 Å². The molecule has 0 aromatic heterocycles. The maximum absolute atomic E-state index is 11.4. The molecule has 1 aliphatic heterocycles. The van der Waals surface area contributed by atoms with Crippen LogP contribution in [-0.4, -0.2) is 11.1 Å². The van der Waals surface area contributed by atoms with Crippen LogP contribution in [0.2, 0.25) is 0 Å². The fraction of sp³-hybridized carbons (Fsp3) is 0.238. The number of benzene rings is 2. The molecule has 1 N–H and O–H groups in total. The molecule has 1 saturated heterocycles. The Bertz CT molecular complexity index is 785. The van der Waals surface area contributed by atoms with E-state index in [4.69, 9.17) is 4.74 Å². The SMILES string of the molecule is O=C1NC(=O)C(=CCCCCc2ccc(OCc3ccccc3)cc2)S1. The summed E-state index contributed by atoms with van der Waals surface area (Å²) >= 11 is 0.980. The van der Waals surface area contributed by atoms with Crippen molar-refractivity contribution in [2.45, 2.75) is 32.3 Å². The number of amides is 2. The van der Waals surface area contributed by atoms with Crippen LogP contribution in [0.15, 0.2) is 65.6 Å². The Balaban J connectivity index is 1.37. The van der Waals surface area contributed by atoms with E-state index in [9.17, 15) is 9.59 Å². The summed E-state index contributed by atoms with van der Waals surface area (Å²) in [6.07, 6.45) is 5.67. The first kappa shape index (κ1) is 18.3. The zero-order chi connectivity index (χ0) is 18.2. The highest BCUT2D eigenvalue weighted by molar-refractivity contribution is 8.18. The fourth-order valence-electron chi connectivity index (χ4n) is 2.66. The second-order valence-corrected chi connectivity index (χ2v) is 7.09. The number of hydrogen-bond donors (Lipinski definition) is 1. The summed E-state index contributed by atoms with van der Waals surface area (Å²) in [6.45, 7) is 0.572. The van der Waals surface area contributed by atoms with Crippen molar-refractivity contribution in [3.8, 4) is 5.75 Å². The third-order valence-corrected chi connectivity index (χ3v) is 4.92. The number of ether oxygens (including phenoxy) is 1. The van der Waals surface area contributed by atoms with Crippen molar-refractivity contribution in [3.63, 3.8) is 0 Å². The van der Waals surface area contributed by atoms with Crippen LogP contribution in [0.25, 0.3) is 0 Å². The fourth-order valence-corrected chi connectivity index (χ4v) is 3.35. The van der Waals surface area contributed by atoms with Gasteiger partial charge in [-0.1, -0.05) is 48.5 Å². The van der Waals surface area contributed by atoms with E-state index in [1.165, 1.54) is 5.56 Å². The zero-order valence-electron chi connectivity index (χ0n) is 14.4. The number of carbonyl (C=O) groups is 2. The van der Waals surface area contributed by atoms with E-state index in [-0.39, 0.29) is 11.1 Å². The summed E-state index contributed by atoms with van der Waals surface area (Å²) < 4.78 is 5.79. The van der Waals surface area contributed by atoms with E-state index < -0.39 is 0 Å². The van der Waals surface area contributed by atoms with E-state index in [2.05, 4.69) is 17.4 Å². The second-order valence-electron chi connectivity index (χ2n) is 6.08. The highest BCUT2D eigenvalue weighted by atomic mass is 32.2. The molecular formula is C21H21NO3S. The van der Waals surface area contributed by atoms with Crippen molar-refractivity contribution in [1.82, 2.24) is 5.32 Å². The molecule has 1 heterocycles. The van der Waals surface area contributed by atoms with Crippen LogP contribution in [0.5, 0.6) is 5.75 Å². The number of nitrogens with one attached hydrogen (secondary N) is 1. The van der Waals surface area contributed by atoms with E-state index in [1.807, 2.05) is 48.5 Å². The molecule has 3 rings (SSSR count). The van der Waals surface area contributed by atoms with Crippen LogP contribution in [0.4, 0.5) is 4.79 Å². The molecule has 0 unspecified atom stereocenters. The van der Waals surface area contributed by atoms with Gasteiger partial charge in [0.25, 0.3) is 11.1 Å². The maximum Gasteiger partial charge on any atom is 0.290 e. The van der Waals surface area contributed by atoms with Gasteiger partial charge in [-0.15, -0.1) is 0 Å². The van der Waals surface area contributed by atoms with Crippen LogP contribution >= 0.6 is 11.8 Å². The molecule has 0 aliphatic carbocycles. The van der Waals surface area contributed by atoms with Crippen LogP contribution in [0, 0.1) is 0 Å². The van der Waals surface area contributed by atoms with E-state index in [0.717, 1.165) is 48.8 Å². The average Bonchev–Trinajstić information content (AvgIpc) is 2.99. The Labute approximate surface area is 157 Å². The number of carbonyl (C=O) groups excluding carboxylic acids is 2. The summed E-state index contributed by atoms with van der Waals surface area (Å²) in [6, 6.07) is 18.3. The Morgan fingerprint density at radius 1 is 0.923 bits per heavy atom. The molecular weight excluding hydrogens is 346 g/mol. The number of imide groups is 1. The molecule has 0 atom stereocenters. The number of rotatable bonds is 8. The molecule has 2 amide bonds. The molecule has 134 valence electrons. The van der Waals surface area contributed by atoms with Gasteiger partial charge in [0, 0.05) is 0 Å². The van der Waals surface area contributed by atoms with Crippen molar-refractivity contribution in [2.75, 3.05) is 0 Å². The smallest absolute Gasteiger partial charge is 0.290 e. The van der Waals surface area contributed by atoms with Crippen molar-refractivity contribution >= 4 is 22.9 Å². The summed E-state index contributed by atoms with van der Waals surface area (Å²) in [4.78, 5) is 23.0. The largest absolute Gasteiger partial charge is 0.489 e. The quantitative estimate of drug-likeness (QED) is 0.535. The van der Waals surface area contributed by atoms with Gasteiger partial charge < -0.3 is 4.74 Å². The predicted octanol–water partition coefficient (Wildman–Crippen LogP) is 4.85. The lowest BCUT2D eigenvalue weighted by Gasteiger charge is -2.07. The summed E-state index contributed by atoms with van der Waals surface area (Å²) in [5.41, 5.74) is 2.43. The number of allylic oxidation sites excluding steroid dienone is 1. The Morgan fingerprint density at radius 2 is 1.69 bits per heavy atom. The second kappa shape index (κ2) is 9.25. The minimum absolute atomic E-state index is 0.272. The molecule has 0 radical (unpaired) electrons. The van der Waals surface area contributed by atoms with Gasteiger partial charge in [0.1, 0.15) is 12.4 Å². The topological polar surface area (TPSA) is 55.4 Å². The number of unbranched alkanes of at least 4 members (excludes halogenated alkanes) is 2. The van der Waals surface area contributed by atoms with Crippen molar-refractivity contribution < 1.29 is 14.3 Å². The van der Waals surface area contributed by atoms with E-state index in [1.54, 1.807) is 0 Å². The third kappa shape index (κ3) is 5.49. The minimum Gasteiger partial charge on any atom is -0.489 e. The standard InChI is InChI=1S/C21H21NO3S/c23-20-19(26-21(24)22-20)10-6-2-3-7-16-11-13-18(14-12-16)25-15-17-8-4-1-5-9-17/h1,4-5,8-14H,2-3,6-7,15H2,(H,22,23,24). The molecule has 1 aliphatic rings. The first-order valence-corrected chi connectivity index (χ1v) is 9.51. The Kier molecular flexibility index (Phi) is 6.50. The highest BCUT2D eigenvalue weighted by Crippen LogP contribution is 2.24. The Morgan fingerprint density at radius 3 is 2.38 bits per heavy atom. The van der Waals surface area contributed by atoms with Gasteiger partial charge >= 0.3 is 0 Å². The van der Waals surface area contributed by atoms with E-state index >= 15 is 0 Å². The van der Waals surface area contributed by atoms with E-state index in [0.29, 0.717) is 11.5 Å².